The molecule has 0 fully saturated rings. The molecule has 9 heteroatoms. The van der Waals surface area contributed by atoms with E-state index in [0.717, 1.165) is 46.3 Å². The molecule has 0 bridgehead atoms. The smallest absolute Gasteiger partial charge is 0.326 e. The largest absolute Gasteiger partial charge is 0.333 e. The molecule has 184 valence electrons. The maximum atomic E-state index is 13.7. The maximum absolute atomic E-state index is 13.7. The van der Waals surface area contributed by atoms with E-state index in [1.165, 1.54) is 12.1 Å². The van der Waals surface area contributed by atoms with Crippen molar-refractivity contribution in [1.82, 2.24) is 19.8 Å². The fraction of sp³-hybridized carbons (Fsp3) is 0.185. The second-order valence-corrected chi connectivity index (χ2v) is 10.4. The molecule has 0 aliphatic carbocycles. The fourth-order valence-electron chi connectivity index (χ4n) is 4.59. The number of hydrogen-bond donors (Lipinski definition) is 1. The summed E-state index contributed by atoms with van der Waals surface area (Å²) in [6, 6.07) is 13.8. The van der Waals surface area contributed by atoms with Crippen molar-refractivity contribution in [1.29, 1.82) is 0 Å². The molecule has 0 spiro atoms. The van der Waals surface area contributed by atoms with Crippen molar-refractivity contribution >= 4 is 62.1 Å². The van der Waals surface area contributed by atoms with E-state index in [1.807, 2.05) is 36.4 Å². The number of rotatable bonds is 5. The van der Waals surface area contributed by atoms with E-state index in [-0.39, 0.29) is 11.8 Å². The summed E-state index contributed by atoms with van der Waals surface area (Å²) in [4.78, 5) is 19.6. The van der Waals surface area contributed by atoms with E-state index in [0.29, 0.717) is 34.3 Å². The highest BCUT2D eigenvalue weighted by molar-refractivity contribution is 9.10. The summed E-state index contributed by atoms with van der Waals surface area (Å²) in [5, 5.41) is 4.99. The van der Waals surface area contributed by atoms with Gasteiger partial charge >= 0.3 is 6.03 Å². The highest BCUT2D eigenvalue weighted by Gasteiger charge is 2.26. The number of pyridine rings is 1. The number of carbonyl (C=O) groups is 1. The lowest BCUT2D eigenvalue weighted by Gasteiger charge is -2.27. The van der Waals surface area contributed by atoms with Gasteiger partial charge in [0, 0.05) is 59.4 Å². The van der Waals surface area contributed by atoms with Crippen LogP contribution in [0, 0.1) is 5.82 Å². The molecule has 3 heterocycles. The minimum atomic E-state index is -0.276. The number of amides is 1. The number of hydrogen-bond acceptors (Lipinski definition) is 3. The van der Waals surface area contributed by atoms with Crippen LogP contribution in [0.15, 0.2) is 65.3 Å². The van der Waals surface area contributed by atoms with Gasteiger partial charge in [0.15, 0.2) is 0 Å². The first-order valence-electron chi connectivity index (χ1n) is 11.4. The second-order valence-electron chi connectivity index (χ2n) is 8.66. The number of nitrogens with one attached hydrogen (secondary N) is 1. The summed E-state index contributed by atoms with van der Waals surface area (Å²) in [5.41, 5.74) is 4.60. The third-order valence-corrected chi connectivity index (χ3v) is 7.09. The van der Waals surface area contributed by atoms with E-state index in [1.54, 1.807) is 22.9 Å². The lowest BCUT2D eigenvalue weighted by Crippen LogP contribution is -2.34. The molecular weight excluding hydrogens is 566 g/mol. The normalized spacial score (nSPS) is 13.9. The molecule has 5 nitrogen and oxygen atoms in total. The third-order valence-electron chi connectivity index (χ3n) is 6.19. The van der Waals surface area contributed by atoms with Gasteiger partial charge < -0.3 is 5.32 Å². The van der Waals surface area contributed by atoms with Crippen LogP contribution in [0.4, 0.5) is 9.18 Å². The van der Waals surface area contributed by atoms with Gasteiger partial charge in [-0.2, -0.15) is 0 Å². The number of carbonyl (C=O) groups excluding carboxylic acids is 1. The molecule has 1 aliphatic heterocycles. The Bertz CT molecular complexity index is 1470. The van der Waals surface area contributed by atoms with Gasteiger partial charge in [-0.1, -0.05) is 51.3 Å². The average Bonchev–Trinajstić information content (AvgIpc) is 3.15. The number of halogens is 4. The first kappa shape index (κ1) is 25.0. The van der Waals surface area contributed by atoms with Gasteiger partial charge in [0.1, 0.15) is 11.0 Å². The summed E-state index contributed by atoms with van der Waals surface area (Å²) in [6.07, 6.45) is 6.29. The van der Waals surface area contributed by atoms with E-state index in [4.69, 9.17) is 23.2 Å². The van der Waals surface area contributed by atoms with Crippen molar-refractivity contribution in [2.45, 2.75) is 19.5 Å². The van der Waals surface area contributed by atoms with E-state index < -0.39 is 0 Å². The molecule has 4 aromatic rings. The molecular formula is C27H22BrCl2FN4O. The minimum Gasteiger partial charge on any atom is -0.333 e. The van der Waals surface area contributed by atoms with Crippen molar-refractivity contribution in [2.24, 2.45) is 0 Å². The van der Waals surface area contributed by atoms with Gasteiger partial charge in [-0.3, -0.25) is 9.47 Å². The Morgan fingerprint density at radius 2 is 2.03 bits per heavy atom. The van der Waals surface area contributed by atoms with E-state index in [2.05, 4.69) is 31.1 Å². The third kappa shape index (κ3) is 5.49. The van der Waals surface area contributed by atoms with Crippen LogP contribution in [-0.4, -0.2) is 33.6 Å². The first-order chi connectivity index (χ1) is 17.4. The molecule has 2 aromatic carbocycles. The zero-order valence-corrected chi connectivity index (χ0v) is 22.2. The molecule has 0 saturated carbocycles. The Kier molecular flexibility index (Phi) is 7.44. The predicted molar refractivity (Wildman–Crippen MR) is 146 cm³/mol. The van der Waals surface area contributed by atoms with Crippen LogP contribution in [0.1, 0.15) is 22.4 Å². The van der Waals surface area contributed by atoms with Crippen molar-refractivity contribution in [3.05, 3.63) is 104 Å². The quantitative estimate of drug-likeness (QED) is 0.254. The minimum absolute atomic E-state index is 0.193. The standard InChI is InChI=1S/C27H22BrCl2FN4O/c28-19-10-17(11-21(31)13-19)2-1-8-34-9-6-25-23(16-34)22-14-20(29)3-4-24(22)35(25)27(36)33-15-18-5-7-32-26(30)12-18/h1-5,7,10-14H,6,8-9,15-16H2,(H,33,36)/b2-1+. The van der Waals surface area contributed by atoms with Gasteiger partial charge in [-0.25, -0.2) is 14.2 Å². The van der Waals surface area contributed by atoms with Crippen LogP contribution < -0.4 is 5.32 Å². The van der Waals surface area contributed by atoms with Crippen molar-refractivity contribution in [3.8, 4) is 0 Å². The van der Waals surface area contributed by atoms with Crippen LogP contribution >= 0.6 is 39.1 Å². The van der Waals surface area contributed by atoms with Gasteiger partial charge in [-0.15, -0.1) is 0 Å². The zero-order chi connectivity index (χ0) is 25.2. The SMILES string of the molecule is O=C(NCc1ccnc(Cl)c1)n1c2c(c3cc(Cl)ccc31)CN(C/C=C/c1cc(F)cc(Br)c1)CC2. The van der Waals surface area contributed by atoms with Crippen molar-refractivity contribution < 1.29 is 9.18 Å². The van der Waals surface area contributed by atoms with Crippen LogP contribution in [0.3, 0.4) is 0 Å². The van der Waals surface area contributed by atoms with Crippen LogP contribution in [0.5, 0.6) is 0 Å². The maximum Gasteiger partial charge on any atom is 0.326 e. The Morgan fingerprint density at radius 1 is 1.17 bits per heavy atom. The molecule has 0 atom stereocenters. The summed E-state index contributed by atoms with van der Waals surface area (Å²) < 4.78 is 16.1. The fourth-order valence-corrected chi connectivity index (χ4v) is 5.44. The lowest BCUT2D eigenvalue weighted by molar-refractivity contribution is 0.240. The lowest BCUT2D eigenvalue weighted by atomic mass is 10.0. The molecule has 2 aromatic heterocycles. The molecule has 0 unspecified atom stereocenters. The first-order valence-corrected chi connectivity index (χ1v) is 13.0. The predicted octanol–water partition coefficient (Wildman–Crippen LogP) is 7.07. The molecule has 1 amide bonds. The number of fused-ring (bicyclic) bond motifs is 3. The average molecular weight is 588 g/mol. The monoisotopic (exact) mass is 586 g/mol. The van der Waals surface area contributed by atoms with Crippen molar-refractivity contribution in [3.63, 3.8) is 0 Å². The topological polar surface area (TPSA) is 50.2 Å². The van der Waals surface area contributed by atoms with E-state index in [9.17, 15) is 9.18 Å². The molecule has 1 N–H and O–H groups in total. The summed E-state index contributed by atoms with van der Waals surface area (Å²) in [5.74, 6) is -0.276. The Morgan fingerprint density at radius 3 is 2.83 bits per heavy atom. The van der Waals surface area contributed by atoms with Gasteiger partial charge in [-0.05, 0) is 65.2 Å². The molecule has 0 saturated heterocycles. The van der Waals surface area contributed by atoms with Crippen LogP contribution in [0.25, 0.3) is 17.0 Å². The van der Waals surface area contributed by atoms with Crippen LogP contribution in [-0.2, 0) is 19.5 Å². The van der Waals surface area contributed by atoms with Gasteiger partial charge in [0.2, 0.25) is 0 Å². The summed E-state index contributed by atoms with van der Waals surface area (Å²) >= 11 is 15.6. The van der Waals surface area contributed by atoms with Gasteiger partial charge in [0.05, 0.1) is 5.52 Å². The molecule has 0 radical (unpaired) electrons. The Labute approximate surface area is 226 Å². The number of benzene rings is 2. The summed E-state index contributed by atoms with van der Waals surface area (Å²) in [6.45, 7) is 2.52. The molecule has 36 heavy (non-hydrogen) atoms. The van der Waals surface area contributed by atoms with E-state index >= 15 is 0 Å². The summed E-state index contributed by atoms with van der Waals surface area (Å²) in [7, 11) is 0. The molecule has 5 rings (SSSR count). The Hall–Kier alpha value is -2.71. The van der Waals surface area contributed by atoms with Crippen molar-refractivity contribution in [2.75, 3.05) is 13.1 Å². The highest BCUT2D eigenvalue weighted by Crippen LogP contribution is 2.32. The zero-order valence-electron chi connectivity index (χ0n) is 19.1. The van der Waals surface area contributed by atoms with Crippen LogP contribution in [0.2, 0.25) is 10.2 Å². The van der Waals surface area contributed by atoms with Gasteiger partial charge in [0.25, 0.3) is 0 Å². The molecule has 1 aliphatic rings. The number of aromatic nitrogens is 2. The second kappa shape index (κ2) is 10.7. The Balaban J connectivity index is 1.37. The number of nitrogens with zero attached hydrogens (tertiary/aromatic N) is 3. The highest BCUT2D eigenvalue weighted by atomic mass is 79.9.